The lowest BCUT2D eigenvalue weighted by Gasteiger charge is -2.02. The lowest BCUT2D eigenvalue weighted by atomic mass is 9.90. The Kier molecular flexibility index (Phi) is 4.65. The smallest absolute Gasteiger partial charge is 0.120 e. The number of hydrogen-bond acceptors (Lipinski definition) is 2. The van der Waals surface area contributed by atoms with E-state index in [1.807, 2.05) is 0 Å². The van der Waals surface area contributed by atoms with E-state index in [1.165, 1.54) is 0 Å². The molecule has 12 heavy (non-hydrogen) atoms. The summed E-state index contributed by atoms with van der Waals surface area (Å²) in [4.78, 5) is 0. The lowest BCUT2D eigenvalue weighted by molar-refractivity contribution is 0.719. The maximum atomic E-state index is 11.8. The van der Waals surface area contributed by atoms with E-state index in [4.69, 9.17) is 18.7 Å². The Morgan fingerprint density at radius 2 is 1.67 bits per heavy atom. The largest absolute Gasteiger partial charge is 0.299 e. The van der Waals surface area contributed by atoms with E-state index in [0.717, 1.165) is 0 Å². The van der Waals surface area contributed by atoms with Gasteiger partial charge in [-0.1, -0.05) is 0 Å². The molecule has 0 aromatic carbocycles. The quantitative estimate of drug-likeness (QED) is 0.554. The molecule has 0 fully saturated rings. The molecule has 0 heterocycles. The van der Waals surface area contributed by atoms with Crippen LogP contribution in [0.3, 0.4) is 0 Å². The van der Waals surface area contributed by atoms with Crippen LogP contribution in [0, 0.1) is 10.8 Å². The molecule has 2 N–H and O–H groups in total. The molecule has 62 valence electrons. The molecule has 0 atom stereocenters. The molecule has 0 aromatic heterocycles. The van der Waals surface area contributed by atoms with E-state index in [1.54, 1.807) is 0 Å². The Hall–Kier alpha value is -0.775. The molecule has 0 aliphatic rings. The van der Waals surface area contributed by atoms with Gasteiger partial charge in [0.15, 0.2) is 0 Å². The molecule has 2 radical (unpaired) electrons. The Labute approximate surface area is 77.9 Å². The third kappa shape index (κ3) is 2.69. The maximum absolute atomic E-state index is 11.8. The molecule has 0 aliphatic heterocycles. The van der Waals surface area contributed by atoms with Gasteiger partial charge in [-0.25, -0.2) is 8.78 Å². The first-order valence-electron chi connectivity index (χ1n) is 2.74. The fraction of sp³-hybridized carbons (Fsp3) is 0. The first-order valence-corrected chi connectivity index (χ1v) is 3.53. The SMILES string of the molecule is [B]/C(=C\F)C(=N)C(=N)/C(Br)=C/F. The molecule has 6 heteroatoms. The molecule has 0 spiro atoms. The number of nitrogens with one attached hydrogen (secondary N) is 2. The highest BCUT2D eigenvalue weighted by atomic mass is 79.9. The Morgan fingerprint density at radius 3 is 2.00 bits per heavy atom. The average molecular weight is 233 g/mol. The first-order chi connectivity index (χ1) is 5.54. The van der Waals surface area contributed by atoms with Crippen LogP contribution >= 0.6 is 15.9 Å². The predicted octanol–water partition coefficient (Wildman–Crippen LogP) is 2.21. The summed E-state index contributed by atoms with van der Waals surface area (Å²) >= 11 is 2.66. The second kappa shape index (κ2) is 4.98. The van der Waals surface area contributed by atoms with Crippen LogP contribution in [0.2, 0.25) is 0 Å². The number of rotatable bonds is 3. The van der Waals surface area contributed by atoms with Gasteiger partial charge in [0.1, 0.15) is 14.2 Å². The van der Waals surface area contributed by atoms with E-state index in [2.05, 4.69) is 15.9 Å². The van der Waals surface area contributed by atoms with Gasteiger partial charge in [-0.2, -0.15) is 0 Å². The molecule has 0 saturated heterocycles. The first kappa shape index (κ1) is 11.2. The van der Waals surface area contributed by atoms with Gasteiger partial charge in [0.25, 0.3) is 0 Å². The minimum absolute atomic E-state index is 0.0185. The van der Waals surface area contributed by atoms with E-state index in [9.17, 15) is 8.78 Å². The van der Waals surface area contributed by atoms with Crippen molar-refractivity contribution in [1.82, 2.24) is 0 Å². The molecule has 0 bridgehead atoms. The van der Waals surface area contributed by atoms with Crippen LogP contribution in [-0.4, -0.2) is 19.3 Å². The fourth-order valence-electron chi connectivity index (χ4n) is 0.373. The molecule has 0 rings (SSSR count). The molecule has 0 aromatic rings. The second-order valence-electron chi connectivity index (χ2n) is 1.77. The van der Waals surface area contributed by atoms with Crippen LogP contribution in [-0.2, 0) is 0 Å². The van der Waals surface area contributed by atoms with Gasteiger partial charge in [0.2, 0.25) is 0 Å². The van der Waals surface area contributed by atoms with Crippen LogP contribution in [0.25, 0.3) is 0 Å². The van der Waals surface area contributed by atoms with Gasteiger partial charge in [-0.3, -0.25) is 10.8 Å². The van der Waals surface area contributed by atoms with Crippen molar-refractivity contribution in [2.24, 2.45) is 0 Å². The Bertz CT molecular complexity index is 245. The number of halogens is 3. The minimum Gasteiger partial charge on any atom is -0.299 e. The van der Waals surface area contributed by atoms with Crippen molar-refractivity contribution < 1.29 is 8.78 Å². The summed E-state index contributed by atoms with van der Waals surface area (Å²) in [6.45, 7) is 0. The number of allylic oxidation sites excluding steroid dienone is 2. The topological polar surface area (TPSA) is 47.7 Å². The molecule has 2 nitrogen and oxygen atoms in total. The normalized spacial score (nSPS) is 12.9. The predicted molar refractivity (Wildman–Crippen MR) is 48.5 cm³/mol. The minimum atomic E-state index is -0.571. The van der Waals surface area contributed by atoms with Crippen molar-refractivity contribution in [3.05, 3.63) is 22.6 Å². The Balaban J connectivity index is 4.64. The summed E-state index contributed by atoms with van der Waals surface area (Å²) in [6, 6.07) is 0. The van der Waals surface area contributed by atoms with E-state index >= 15 is 0 Å². The van der Waals surface area contributed by atoms with Gasteiger partial charge < -0.3 is 0 Å². The molecule has 0 saturated carbocycles. The van der Waals surface area contributed by atoms with Gasteiger partial charge in [0, 0.05) is 0 Å². The van der Waals surface area contributed by atoms with Crippen LogP contribution in [0.4, 0.5) is 8.78 Å². The van der Waals surface area contributed by atoms with Crippen molar-refractivity contribution in [1.29, 1.82) is 10.8 Å². The van der Waals surface area contributed by atoms with Crippen molar-refractivity contribution >= 4 is 35.2 Å². The van der Waals surface area contributed by atoms with Crippen molar-refractivity contribution in [2.45, 2.75) is 0 Å². The average Bonchev–Trinajstić information content (AvgIpc) is 2.12. The highest BCUT2D eigenvalue weighted by Gasteiger charge is 2.09. The summed E-state index contributed by atoms with van der Waals surface area (Å²) < 4.78 is 23.2. The monoisotopic (exact) mass is 232 g/mol. The summed E-state index contributed by atoms with van der Waals surface area (Å²) in [5.74, 6) is 0. The fourth-order valence-corrected chi connectivity index (χ4v) is 0.571. The maximum Gasteiger partial charge on any atom is 0.120 e. The standard InChI is InChI=1S/C6H4BBrF2N2/c7-3(1-9)5(11)6(12)4(8)2-10/h1-2,11-12H/b3-1-,4-2-,11-5?,12-6?. The Morgan fingerprint density at radius 1 is 1.17 bits per heavy atom. The van der Waals surface area contributed by atoms with Crippen molar-refractivity contribution in [3.8, 4) is 0 Å². The molecular weight excluding hydrogens is 229 g/mol. The van der Waals surface area contributed by atoms with Crippen LogP contribution in [0.15, 0.2) is 22.6 Å². The molecule has 0 amide bonds. The van der Waals surface area contributed by atoms with Gasteiger partial charge in [-0.05, 0) is 21.4 Å². The second-order valence-corrected chi connectivity index (χ2v) is 2.63. The van der Waals surface area contributed by atoms with E-state index < -0.39 is 16.9 Å². The summed E-state index contributed by atoms with van der Waals surface area (Å²) in [5.41, 5.74) is -1.60. The lowest BCUT2D eigenvalue weighted by Crippen LogP contribution is -2.14. The summed E-state index contributed by atoms with van der Waals surface area (Å²) in [7, 11) is 4.96. The van der Waals surface area contributed by atoms with Crippen molar-refractivity contribution in [3.63, 3.8) is 0 Å². The van der Waals surface area contributed by atoms with Gasteiger partial charge in [0.05, 0.1) is 22.2 Å². The number of hydrogen-bond donors (Lipinski definition) is 2. The molecule has 0 aliphatic carbocycles. The summed E-state index contributed by atoms with van der Waals surface area (Å²) in [6.07, 6.45) is 0.0672. The highest BCUT2D eigenvalue weighted by Crippen LogP contribution is 2.10. The summed E-state index contributed by atoms with van der Waals surface area (Å²) in [5, 5.41) is 14.1. The molecule has 0 unspecified atom stereocenters. The van der Waals surface area contributed by atoms with Crippen LogP contribution in [0.1, 0.15) is 0 Å². The van der Waals surface area contributed by atoms with Gasteiger partial charge >= 0.3 is 0 Å². The van der Waals surface area contributed by atoms with Gasteiger partial charge in [-0.15, -0.1) is 0 Å². The van der Waals surface area contributed by atoms with E-state index in [0.29, 0.717) is 0 Å². The van der Waals surface area contributed by atoms with Crippen LogP contribution < -0.4 is 0 Å². The third-order valence-corrected chi connectivity index (χ3v) is 1.56. The zero-order valence-electron chi connectivity index (χ0n) is 5.87. The highest BCUT2D eigenvalue weighted by molar-refractivity contribution is 9.12. The zero-order chi connectivity index (χ0) is 9.72. The van der Waals surface area contributed by atoms with E-state index in [-0.39, 0.29) is 17.1 Å². The van der Waals surface area contributed by atoms with Crippen molar-refractivity contribution in [2.75, 3.05) is 0 Å². The van der Waals surface area contributed by atoms with Crippen LogP contribution in [0.5, 0.6) is 0 Å². The third-order valence-electron chi connectivity index (χ3n) is 0.991. The zero-order valence-corrected chi connectivity index (χ0v) is 7.45. The molecular formula is C6H4BBrF2N2.